The van der Waals surface area contributed by atoms with Crippen molar-refractivity contribution in [3.05, 3.63) is 47.5 Å². The Kier molecular flexibility index (Phi) is 6.03. The molecule has 2 aromatic rings. The molecule has 2 amide bonds. The minimum Gasteiger partial charge on any atom is -0.493 e. The minimum atomic E-state index is -0.252. The van der Waals surface area contributed by atoms with Gasteiger partial charge in [0.05, 0.1) is 21.3 Å². The Morgan fingerprint density at radius 1 is 1.04 bits per heavy atom. The molecule has 1 heterocycles. The van der Waals surface area contributed by atoms with Gasteiger partial charge in [-0.2, -0.15) is 0 Å². The fourth-order valence-corrected chi connectivity index (χ4v) is 3.21. The summed E-state index contributed by atoms with van der Waals surface area (Å²) in [5.74, 6) is 1.19. The first-order valence-electron chi connectivity index (χ1n) is 9.05. The third kappa shape index (κ3) is 4.03. The number of rotatable bonds is 7. The number of hydrogen-bond donors (Lipinski definition) is 1. The summed E-state index contributed by atoms with van der Waals surface area (Å²) in [6, 6.07) is 10.9. The van der Waals surface area contributed by atoms with E-state index in [1.165, 1.54) is 21.3 Å². The fourth-order valence-electron chi connectivity index (χ4n) is 3.21. The molecule has 3 rings (SSSR count). The minimum absolute atomic E-state index is 0.156. The van der Waals surface area contributed by atoms with Gasteiger partial charge < -0.3 is 24.4 Å². The first kappa shape index (κ1) is 19.5. The van der Waals surface area contributed by atoms with Gasteiger partial charge in [0, 0.05) is 30.8 Å². The quantitative estimate of drug-likeness (QED) is 0.794. The van der Waals surface area contributed by atoms with Crippen LogP contribution in [0.15, 0.2) is 36.4 Å². The lowest BCUT2D eigenvalue weighted by molar-refractivity contribution is -0.117. The lowest BCUT2D eigenvalue weighted by atomic mass is 10.1. The molecule has 2 aromatic carbocycles. The molecule has 0 radical (unpaired) electrons. The van der Waals surface area contributed by atoms with Crippen LogP contribution in [0.4, 0.5) is 5.69 Å². The van der Waals surface area contributed by atoms with Gasteiger partial charge in [-0.05, 0) is 36.2 Å². The van der Waals surface area contributed by atoms with Gasteiger partial charge in [0.1, 0.15) is 0 Å². The molecule has 1 aliphatic heterocycles. The number of ether oxygens (including phenoxy) is 3. The topological polar surface area (TPSA) is 77.1 Å². The molecule has 148 valence electrons. The SMILES string of the molecule is COc1cc(C(=O)NCc2ccc(N3CCCC3=O)cc2)cc(OC)c1OC. The van der Waals surface area contributed by atoms with Crippen LogP contribution in [0.3, 0.4) is 0 Å². The van der Waals surface area contributed by atoms with Gasteiger partial charge >= 0.3 is 0 Å². The smallest absolute Gasteiger partial charge is 0.251 e. The van der Waals surface area contributed by atoms with Crippen molar-refractivity contribution in [3.8, 4) is 17.2 Å². The normalized spacial score (nSPS) is 13.4. The van der Waals surface area contributed by atoms with Gasteiger partial charge in [-0.25, -0.2) is 0 Å². The average molecular weight is 384 g/mol. The van der Waals surface area contributed by atoms with Crippen LogP contribution in [0.1, 0.15) is 28.8 Å². The first-order chi connectivity index (χ1) is 13.6. The molecule has 0 spiro atoms. The van der Waals surface area contributed by atoms with Crippen LogP contribution in [0.5, 0.6) is 17.2 Å². The van der Waals surface area contributed by atoms with E-state index in [1.807, 2.05) is 24.3 Å². The maximum absolute atomic E-state index is 12.6. The summed E-state index contributed by atoms with van der Waals surface area (Å²) in [5, 5.41) is 2.88. The molecular formula is C21H24N2O5. The first-order valence-corrected chi connectivity index (χ1v) is 9.05. The van der Waals surface area contributed by atoms with Crippen molar-refractivity contribution in [3.63, 3.8) is 0 Å². The largest absolute Gasteiger partial charge is 0.493 e. The number of benzene rings is 2. The Labute approximate surface area is 164 Å². The summed E-state index contributed by atoms with van der Waals surface area (Å²) in [7, 11) is 4.52. The summed E-state index contributed by atoms with van der Waals surface area (Å²) in [5.41, 5.74) is 2.24. The molecule has 0 atom stereocenters. The predicted molar refractivity (Wildman–Crippen MR) is 105 cm³/mol. The van der Waals surface area contributed by atoms with E-state index in [1.54, 1.807) is 17.0 Å². The Bertz CT molecular complexity index is 839. The standard InChI is InChI=1S/C21H24N2O5/c1-26-17-11-15(12-18(27-2)20(17)28-3)21(25)22-13-14-6-8-16(9-7-14)23-10-4-5-19(23)24/h6-9,11-12H,4-5,10,13H2,1-3H3,(H,22,25). The molecule has 1 fully saturated rings. The average Bonchev–Trinajstić information content (AvgIpc) is 3.16. The summed E-state index contributed by atoms with van der Waals surface area (Å²) >= 11 is 0. The molecule has 7 nitrogen and oxygen atoms in total. The van der Waals surface area contributed by atoms with Crippen LogP contribution < -0.4 is 24.4 Å². The maximum Gasteiger partial charge on any atom is 0.251 e. The zero-order chi connectivity index (χ0) is 20.1. The monoisotopic (exact) mass is 384 g/mol. The van der Waals surface area contributed by atoms with Crippen molar-refractivity contribution in [2.24, 2.45) is 0 Å². The van der Waals surface area contributed by atoms with Crippen molar-refractivity contribution in [1.82, 2.24) is 5.32 Å². The Hall–Kier alpha value is -3.22. The lowest BCUT2D eigenvalue weighted by Gasteiger charge is -2.16. The number of nitrogens with one attached hydrogen (secondary N) is 1. The van der Waals surface area contributed by atoms with E-state index in [-0.39, 0.29) is 11.8 Å². The van der Waals surface area contributed by atoms with Crippen LogP contribution in [0.2, 0.25) is 0 Å². The number of anilines is 1. The molecular weight excluding hydrogens is 360 g/mol. The second-order valence-corrected chi connectivity index (χ2v) is 6.41. The number of hydrogen-bond acceptors (Lipinski definition) is 5. The second-order valence-electron chi connectivity index (χ2n) is 6.41. The van der Waals surface area contributed by atoms with Crippen LogP contribution >= 0.6 is 0 Å². The molecule has 1 saturated heterocycles. The van der Waals surface area contributed by atoms with Crippen molar-refractivity contribution >= 4 is 17.5 Å². The second kappa shape index (κ2) is 8.65. The fraction of sp³-hybridized carbons (Fsp3) is 0.333. The number of amides is 2. The predicted octanol–water partition coefficient (Wildman–Crippen LogP) is 2.77. The van der Waals surface area contributed by atoms with E-state index in [4.69, 9.17) is 14.2 Å². The Morgan fingerprint density at radius 2 is 1.68 bits per heavy atom. The van der Waals surface area contributed by atoms with E-state index in [2.05, 4.69) is 5.32 Å². The van der Waals surface area contributed by atoms with Crippen LogP contribution in [0, 0.1) is 0 Å². The molecule has 7 heteroatoms. The highest BCUT2D eigenvalue weighted by Crippen LogP contribution is 2.38. The molecule has 0 aromatic heterocycles. The summed E-state index contributed by atoms with van der Waals surface area (Å²) < 4.78 is 15.8. The zero-order valence-electron chi connectivity index (χ0n) is 16.3. The number of methoxy groups -OCH3 is 3. The van der Waals surface area contributed by atoms with Gasteiger partial charge in [-0.15, -0.1) is 0 Å². The van der Waals surface area contributed by atoms with Gasteiger partial charge in [-0.3, -0.25) is 9.59 Å². The lowest BCUT2D eigenvalue weighted by Crippen LogP contribution is -2.24. The number of carbonyl (C=O) groups excluding carboxylic acids is 2. The van der Waals surface area contributed by atoms with Crippen molar-refractivity contribution in [2.75, 3.05) is 32.8 Å². The number of nitrogens with zero attached hydrogens (tertiary/aromatic N) is 1. The van der Waals surface area contributed by atoms with Crippen LogP contribution in [0.25, 0.3) is 0 Å². The maximum atomic E-state index is 12.6. The van der Waals surface area contributed by atoms with Gasteiger partial charge in [0.15, 0.2) is 11.5 Å². The van der Waals surface area contributed by atoms with Crippen LogP contribution in [-0.4, -0.2) is 39.7 Å². The van der Waals surface area contributed by atoms with Gasteiger partial charge in [0.2, 0.25) is 11.7 Å². The summed E-state index contributed by atoms with van der Waals surface area (Å²) in [4.78, 5) is 26.2. The third-order valence-corrected chi connectivity index (χ3v) is 4.70. The van der Waals surface area contributed by atoms with Crippen molar-refractivity contribution in [2.45, 2.75) is 19.4 Å². The van der Waals surface area contributed by atoms with E-state index >= 15 is 0 Å². The Balaban J connectivity index is 1.67. The molecule has 0 saturated carbocycles. The molecule has 1 aliphatic rings. The molecule has 0 unspecified atom stereocenters. The summed E-state index contributed by atoms with van der Waals surface area (Å²) in [6.45, 7) is 1.12. The van der Waals surface area contributed by atoms with E-state index in [0.717, 1.165) is 24.2 Å². The van der Waals surface area contributed by atoms with Crippen molar-refractivity contribution < 1.29 is 23.8 Å². The van der Waals surface area contributed by atoms with E-state index < -0.39 is 0 Å². The highest BCUT2D eigenvalue weighted by Gasteiger charge is 2.21. The highest BCUT2D eigenvalue weighted by molar-refractivity contribution is 5.96. The van der Waals surface area contributed by atoms with Gasteiger partial charge in [0.25, 0.3) is 5.91 Å². The molecule has 0 aliphatic carbocycles. The molecule has 28 heavy (non-hydrogen) atoms. The van der Waals surface area contributed by atoms with E-state index in [9.17, 15) is 9.59 Å². The Morgan fingerprint density at radius 3 is 2.18 bits per heavy atom. The van der Waals surface area contributed by atoms with Gasteiger partial charge in [-0.1, -0.05) is 12.1 Å². The summed E-state index contributed by atoms with van der Waals surface area (Å²) in [6.07, 6.45) is 1.50. The molecule has 1 N–H and O–H groups in total. The van der Waals surface area contributed by atoms with Crippen molar-refractivity contribution in [1.29, 1.82) is 0 Å². The molecule has 0 bridgehead atoms. The highest BCUT2D eigenvalue weighted by atomic mass is 16.5. The van der Waals surface area contributed by atoms with E-state index in [0.29, 0.717) is 35.8 Å². The number of carbonyl (C=O) groups is 2. The third-order valence-electron chi connectivity index (χ3n) is 4.70. The zero-order valence-corrected chi connectivity index (χ0v) is 16.3. The van der Waals surface area contributed by atoms with Crippen LogP contribution in [-0.2, 0) is 11.3 Å².